The van der Waals surface area contributed by atoms with Gasteiger partial charge in [-0.1, -0.05) is 52.3 Å². The van der Waals surface area contributed by atoms with Crippen molar-refractivity contribution in [3.63, 3.8) is 0 Å². The Balaban J connectivity index is 1.76. The van der Waals surface area contributed by atoms with Crippen LogP contribution in [0.5, 0.6) is 5.75 Å². The molecule has 0 aliphatic heterocycles. The number of anilines is 1. The van der Waals surface area contributed by atoms with Gasteiger partial charge in [0.2, 0.25) is 0 Å². The second-order valence-electron chi connectivity index (χ2n) is 5.35. The summed E-state index contributed by atoms with van der Waals surface area (Å²) in [4.78, 5) is 12.3. The number of amides is 1. The van der Waals surface area contributed by atoms with Crippen LogP contribution in [0.15, 0.2) is 65.1 Å². The molecule has 1 atom stereocenters. The first-order valence-electron chi connectivity index (χ1n) is 7.45. The molecule has 24 heavy (non-hydrogen) atoms. The molecule has 0 spiro atoms. The fourth-order valence-corrected chi connectivity index (χ4v) is 2.70. The van der Waals surface area contributed by atoms with Gasteiger partial charge < -0.3 is 10.1 Å². The normalized spacial score (nSPS) is 12.0. The summed E-state index contributed by atoms with van der Waals surface area (Å²) in [6.45, 7) is 1.63. The smallest absolute Gasteiger partial charge is 0.265 e. The van der Waals surface area contributed by atoms with Crippen molar-refractivity contribution in [1.29, 1.82) is 0 Å². The van der Waals surface area contributed by atoms with Crippen LogP contribution in [-0.2, 0) is 4.79 Å². The molecule has 3 rings (SSSR count). The Labute approximate surface area is 147 Å². The summed E-state index contributed by atoms with van der Waals surface area (Å²) >= 11 is 3.18. The zero-order valence-electron chi connectivity index (χ0n) is 12.9. The van der Waals surface area contributed by atoms with Gasteiger partial charge in [-0.25, -0.2) is 4.39 Å². The maximum absolute atomic E-state index is 13.8. The lowest BCUT2D eigenvalue weighted by molar-refractivity contribution is -0.122. The Morgan fingerprint density at radius 1 is 1.12 bits per heavy atom. The average molecular weight is 388 g/mol. The lowest BCUT2D eigenvalue weighted by atomic mass is 10.1. The van der Waals surface area contributed by atoms with Gasteiger partial charge in [0.25, 0.3) is 5.91 Å². The molecule has 0 aliphatic carbocycles. The number of halogens is 2. The van der Waals surface area contributed by atoms with E-state index in [1.165, 1.54) is 12.1 Å². The summed E-state index contributed by atoms with van der Waals surface area (Å²) in [7, 11) is 0. The molecule has 0 saturated carbocycles. The zero-order chi connectivity index (χ0) is 17.1. The summed E-state index contributed by atoms with van der Waals surface area (Å²) in [6.07, 6.45) is -0.765. The highest BCUT2D eigenvalue weighted by molar-refractivity contribution is 9.10. The van der Waals surface area contributed by atoms with Crippen molar-refractivity contribution in [3.8, 4) is 5.75 Å². The fourth-order valence-electron chi connectivity index (χ4n) is 2.37. The largest absolute Gasteiger partial charge is 0.480 e. The van der Waals surface area contributed by atoms with Gasteiger partial charge in [-0.05, 0) is 36.6 Å². The third kappa shape index (κ3) is 3.57. The van der Waals surface area contributed by atoms with E-state index in [1.807, 2.05) is 42.5 Å². The Bertz CT molecular complexity index is 892. The van der Waals surface area contributed by atoms with Crippen molar-refractivity contribution in [1.82, 2.24) is 0 Å². The van der Waals surface area contributed by atoms with E-state index in [-0.39, 0.29) is 5.69 Å². The van der Waals surface area contributed by atoms with Gasteiger partial charge in [-0.3, -0.25) is 4.79 Å². The first kappa shape index (κ1) is 16.5. The molecule has 0 aliphatic rings. The highest BCUT2D eigenvalue weighted by Gasteiger charge is 2.17. The van der Waals surface area contributed by atoms with Crippen molar-refractivity contribution in [3.05, 3.63) is 71.0 Å². The van der Waals surface area contributed by atoms with Crippen molar-refractivity contribution < 1.29 is 13.9 Å². The van der Waals surface area contributed by atoms with E-state index in [4.69, 9.17) is 4.74 Å². The maximum atomic E-state index is 13.8. The number of carbonyl (C=O) groups excluding carboxylic acids is 1. The van der Waals surface area contributed by atoms with Crippen LogP contribution >= 0.6 is 15.9 Å². The van der Waals surface area contributed by atoms with Gasteiger partial charge in [-0.2, -0.15) is 0 Å². The molecule has 0 aromatic heterocycles. The van der Waals surface area contributed by atoms with Gasteiger partial charge in [0.1, 0.15) is 11.6 Å². The quantitative estimate of drug-likeness (QED) is 0.672. The van der Waals surface area contributed by atoms with Crippen LogP contribution in [0.2, 0.25) is 0 Å². The molecule has 3 nitrogen and oxygen atoms in total. The van der Waals surface area contributed by atoms with E-state index >= 15 is 0 Å². The maximum Gasteiger partial charge on any atom is 0.265 e. The van der Waals surface area contributed by atoms with Crippen LogP contribution in [-0.4, -0.2) is 12.0 Å². The second-order valence-corrected chi connectivity index (χ2v) is 6.27. The van der Waals surface area contributed by atoms with Gasteiger partial charge in [-0.15, -0.1) is 0 Å². The summed E-state index contributed by atoms with van der Waals surface area (Å²) in [5.41, 5.74) is 0.122. The molecule has 1 N–H and O–H groups in total. The number of benzene rings is 3. The van der Waals surface area contributed by atoms with Crippen molar-refractivity contribution >= 4 is 38.3 Å². The van der Waals surface area contributed by atoms with Crippen LogP contribution < -0.4 is 10.1 Å². The van der Waals surface area contributed by atoms with Crippen molar-refractivity contribution in [2.75, 3.05) is 5.32 Å². The van der Waals surface area contributed by atoms with Gasteiger partial charge in [0, 0.05) is 9.86 Å². The fraction of sp³-hybridized carbons (Fsp3) is 0.105. The van der Waals surface area contributed by atoms with E-state index in [1.54, 1.807) is 13.0 Å². The van der Waals surface area contributed by atoms with Crippen molar-refractivity contribution in [2.24, 2.45) is 0 Å². The molecular weight excluding hydrogens is 373 g/mol. The summed E-state index contributed by atoms with van der Waals surface area (Å²) in [5, 5.41) is 4.50. The molecule has 0 radical (unpaired) electrons. The van der Waals surface area contributed by atoms with Crippen LogP contribution in [0.1, 0.15) is 6.92 Å². The number of fused-ring (bicyclic) bond motifs is 1. The number of rotatable bonds is 4. The number of ether oxygens (including phenoxy) is 1. The second kappa shape index (κ2) is 7.01. The van der Waals surface area contributed by atoms with Crippen LogP contribution in [0, 0.1) is 5.82 Å². The lowest BCUT2D eigenvalue weighted by Gasteiger charge is -2.16. The highest BCUT2D eigenvalue weighted by atomic mass is 79.9. The molecule has 122 valence electrons. The first-order valence-corrected chi connectivity index (χ1v) is 8.24. The van der Waals surface area contributed by atoms with E-state index in [0.717, 1.165) is 10.8 Å². The minimum atomic E-state index is -0.765. The molecule has 0 saturated heterocycles. The minimum Gasteiger partial charge on any atom is -0.480 e. The standard InChI is InChI=1S/C19H15BrFNO2/c1-12(19(23)22-17-10-9-14(20)11-16(17)21)24-18-8-4-6-13-5-2-3-7-15(13)18/h2-12H,1H3,(H,22,23)/t12-/m1/s1. The molecule has 0 heterocycles. The molecule has 0 fully saturated rings. The summed E-state index contributed by atoms with van der Waals surface area (Å²) in [5.74, 6) is -0.300. The highest BCUT2D eigenvalue weighted by Crippen LogP contribution is 2.26. The third-order valence-corrected chi connectivity index (χ3v) is 4.10. The molecule has 0 unspecified atom stereocenters. The van der Waals surface area contributed by atoms with Gasteiger partial charge in [0.05, 0.1) is 5.69 Å². The summed E-state index contributed by atoms with van der Waals surface area (Å²) < 4.78 is 20.2. The Kier molecular flexibility index (Phi) is 4.81. The number of carbonyl (C=O) groups is 1. The van der Waals surface area contributed by atoms with Crippen LogP contribution in [0.3, 0.4) is 0 Å². The van der Waals surface area contributed by atoms with E-state index < -0.39 is 17.8 Å². The first-order chi connectivity index (χ1) is 11.5. The molecule has 3 aromatic rings. The molecule has 1 amide bonds. The number of hydrogen-bond donors (Lipinski definition) is 1. The molecular formula is C19H15BrFNO2. The SMILES string of the molecule is C[C@@H](Oc1cccc2ccccc12)C(=O)Nc1ccc(Br)cc1F. The van der Waals surface area contributed by atoms with Crippen LogP contribution in [0.4, 0.5) is 10.1 Å². The van der Waals surface area contributed by atoms with Crippen LogP contribution in [0.25, 0.3) is 10.8 Å². The molecule has 3 aromatic carbocycles. The van der Waals surface area contributed by atoms with Gasteiger partial charge in [0.15, 0.2) is 6.10 Å². The predicted octanol–water partition coefficient (Wildman–Crippen LogP) is 5.15. The monoisotopic (exact) mass is 387 g/mol. The minimum absolute atomic E-state index is 0.122. The topological polar surface area (TPSA) is 38.3 Å². The average Bonchev–Trinajstić information content (AvgIpc) is 2.57. The number of nitrogens with one attached hydrogen (secondary N) is 1. The Morgan fingerprint density at radius 3 is 2.67 bits per heavy atom. The zero-order valence-corrected chi connectivity index (χ0v) is 14.5. The van der Waals surface area contributed by atoms with E-state index in [0.29, 0.717) is 10.2 Å². The molecule has 5 heteroatoms. The van der Waals surface area contributed by atoms with Crippen molar-refractivity contribution in [2.45, 2.75) is 13.0 Å². The summed E-state index contributed by atoms with van der Waals surface area (Å²) in [6, 6.07) is 17.9. The lowest BCUT2D eigenvalue weighted by Crippen LogP contribution is -2.30. The predicted molar refractivity (Wildman–Crippen MR) is 96.8 cm³/mol. The third-order valence-electron chi connectivity index (χ3n) is 3.61. The Hall–Kier alpha value is -2.40. The molecule has 0 bridgehead atoms. The van der Waals surface area contributed by atoms with Gasteiger partial charge >= 0.3 is 0 Å². The van der Waals surface area contributed by atoms with E-state index in [9.17, 15) is 9.18 Å². The Morgan fingerprint density at radius 2 is 1.88 bits per heavy atom. The number of hydrogen-bond acceptors (Lipinski definition) is 2. The van der Waals surface area contributed by atoms with E-state index in [2.05, 4.69) is 21.2 Å².